The van der Waals surface area contributed by atoms with Gasteiger partial charge in [0.05, 0.1) is 18.6 Å². The lowest BCUT2D eigenvalue weighted by Gasteiger charge is -2.59. The molecule has 0 aliphatic heterocycles. The minimum Gasteiger partial charge on any atom is -0.465 e. The largest absolute Gasteiger partial charge is 0.465 e. The number of carbonyl (C=O) groups is 1. The van der Waals surface area contributed by atoms with Crippen molar-refractivity contribution >= 4 is 14.3 Å². The van der Waals surface area contributed by atoms with Crippen LogP contribution in [0.3, 0.4) is 0 Å². The molecule has 0 aromatic rings. The van der Waals surface area contributed by atoms with Crippen molar-refractivity contribution in [1.82, 2.24) is 0 Å². The van der Waals surface area contributed by atoms with Crippen LogP contribution in [0.2, 0.25) is 18.1 Å². The van der Waals surface area contributed by atoms with Gasteiger partial charge in [0.2, 0.25) is 0 Å². The molecule has 0 aromatic carbocycles. The molecule has 4 aliphatic carbocycles. The highest BCUT2D eigenvalue weighted by Gasteiger charge is 2.69. The van der Waals surface area contributed by atoms with E-state index < -0.39 is 31.4 Å². The van der Waals surface area contributed by atoms with Crippen LogP contribution >= 0.6 is 0 Å². The Kier molecular flexibility index (Phi) is 9.72. The van der Waals surface area contributed by atoms with E-state index >= 15 is 0 Å². The zero-order valence-corrected chi connectivity index (χ0v) is 28.9. The third kappa shape index (κ3) is 5.78. The maximum Gasteiger partial charge on any atom is 0.311 e. The molecule has 0 unspecified atom stereocenters. The summed E-state index contributed by atoms with van der Waals surface area (Å²) in [4.78, 5) is 13.2. The normalized spacial score (nSPS) is 39.8. The second-order valence-corrected chi connectivity index (χ2v) is 21.1. The van der Waals surface area contributed by atoms with Gasteiger partial charge >= 0.3 is 5.97 Å². The highest BCUT2D eigenvalue weighted by molar-refractivity contribution is 6.74. The fraction of sp³-hybridized carbons (Fsp3) is 0.914. The van der Waals surface area contributed by atoms with Gasteiger partial charge in [-0.3, -0.25) is 4.79 Å². The summed E-state index contributed by atoms with van der Waals surface area (Å²) in [5, 5.41) is 23.9. The summed E-state index contributed by atoms with van der Waals surface area (Å²) in [5.41, 5.74) is -0.216. The Morgan fingerprint density at radius 3 is 2.44 bits per heavy atom. The standard InChI is InChI=1S/C35H62O5Si/c1-10-11-12-13-14-21-39-31(37)24(2)35(38)30(36)23-29-27-16-15-25-22-26(40-41(8,9)32(3,4)5)17-19-33(25,6)28(27)18-20-34(29,35)7/h15,24,26-30,36,38H,10-14,16-23H2,1-9H3/t24-,26+,27-,28+,29+,30-,33+,34+,35-/m1/s1. The molecule has 5 nitrogen and oxygen atoms in total. The highest BCUT2D eigenvalue weighted by atomic mass is 28.4. The van der Waals surface area contributed by atoms with Crippen molar-refractivity contribution in [1.29, 1.82) is 0 Å². The molecule has 4 rings (SSSR count). The van der Waals surface area contributed by atoms with Gasteiger partial charge in [-0.2, -0.15) is 0 Å². The van der Waals surface area contributed by atoms with Gasteiger partial charge in [0.15, 0.2) is 8.32 Å². The Bertz CT molecular complexity index is 970. The number of carbonyl (C=O) groups excluding carboxylic acids is 1. The molecular weight excluding hydrogens is 528 g/mol. The minimum absolute atomic E-state index is 0.158. The number of ether oxygens (including phenoxy) is 1. The fourth-order valence-corrected chi connectivity index (χ4v) is 10.7. The van der Waals surface area contributed by atoms with Crippen LogP contribution in [-0.4, -0.2) is 48.9 Å². The number of hydrogen-bond acceptors (Lipinski definition) is 5. The summed E-state index contributed by atoms with van der Waals surface area (Å²) in [6.45, 7) is 20.7. The van der Waals surface area contributed by atoms with E-state index in [-0.39, 0.29) is 22.3 Å². The predicted octanol–water partition coefficient (Wildman–Crippen LogP) is 8.19. The van der Waals surface area contributed by atoms with E-state index in [1.54, 1.807) is 12.5 Å². The monoisotopic (exact) mass is 590 g/mol. The van der Waals surface area contributed by atoms with Crippen LogP contribution in [0.25, 0.3) is 0 Å². The molecule has 0 amide bonds. The van der Waals surface area contributed by atoms with Crippen molar-refractivity contribution in [3.63, 3.8) is 0 Å². The summed E-state index contributed by atoms with van der Waals surface area (Å²) < 4.78 is 12.6. The maximum absolute atomic E-state index is 13.2. The number of esters is 1. The molecule has 9 atom stereocenters. The topological polar surface area (TPSA) is 76.0 Å². The van der Waals surface area contributed by atoms with Crippen LogP contribution < -0.4 is 0 Å². The summed E-state index contributed by atoms with van der Waals surface area (Å²) in [6, 6.07) is 0. The molecule has 0 spiro atoms. The van der Waals surface area contributed by atoms with Gasteiger partial charge in [-0.25, -0.2) is 0 Å². The van der Waals surface area contributed by atoms with E-state index in [0.29, 0.717) is 31.0 Å². The Morgan fingerprint density at radius 2 is 1.78 bits per heavy atom. The molecule has 3 fully saturated rings. The number of hydrogen-bond donors (Lipinski definition) is 2. The Hall–Kier alpha value is -0.693. The summed E-state index contributed by atoms with van der Waals surface area (Å²) in [7, 11) is -1.82. The number of fused-ring (bicyclic) bond motifs is 5. The van der Waals surface area contributed by atoms with Crippen molar-refractivity contribution in [3.05, 3.63) is 11.6 Å². The molecule has 0 saturated heterocycles. The van der Waals surface area contributed by atoms with E-state index in [9.17, 15) is 15.0 Å². The fourth-order valence-electron chi connectivity index (χ4n) is 9.34. The number of allylic oxidation sites excluding steroid dienone is 1. The van der Waals surface area contributed by atoms with E-state index in [0.717, 1.165) is 57.8 Å². The molecule has 4 aliphatic rings. The Morgan fingerprint density at radius 1 is 1.10 bits per heavy atom. The molecule has 6 heteroatoms. The van der Waals surface area contributed by atoms with Gasteiger partial charge < -0.3 is 19.4 Å². The quantitative estimate of drug-likeness (QED) is 0.116. The molecule has 0 bridgehead atoms. The summed E-state index contributed by atoms with van der Waals surface area (Å²) in [6.07, 6.45) is 14.1. The van der Waals surface area contributed by atoms with Crippen LogP contribution in [0, 0.1) is 34.5 Å². The molecule has 0 aromatic heterocycles. The first-order valence-electron chi connectivity index (χ1n) is 17.0. The van der Waals surface area contributed by atoms with Crippen LogP contribution in [0.15, 0.2) is 11.6 Å². The molecule has 0 radical (unpaired) electrons. The average Bonchev–Trinajstić information content (AvgIpc) is 3.11. The number of aliphatic hydroxyl groups is 2. The number of aliphatic hydroxyl groups excluding tert-OH is 1. The minimum atomic E-state index is -1.82. The molecule has 41 heavy (non-hydrogen) atoms. The van der Waals surface area contributed by atoms with Gasteiger partial charge in [-0.05, 0) is 99.6 Å². The van der Waals surface area contributed by atoms with Crippen LogP contribution in [0.4, 0.5) is 0 Å². The first-order valence-corrected chi connectivity index (χ1v) is 19.9. The van der Waals surface area contributed by atoms with Gasteiger partial charge in [-0.1, -0.05) is 78.9 Å². The number of unbranched alkanes of at least 4 members (excludes halogenated alkanes) is 4. The smallest absolute Gasteiger partial charge is 0.311 e. The highest BCUT2D eigenvalue weighted by Crippen LogP contribution is 2.68. The third-order valence-electron chi connectivity index (χ3n) is 13.1. The van der Waals surface area contributed by atoms with Crippen LogP contribution in [0.1, 0.15) is 126 Å². The van der Waals surface area contributed by atoms with Crippen LogP contribution in [-0.2, 0) is 14.0 Å². The van der Waals surface area contributed by atoms with Crippen molar-refractivity contribution in [2.24, 2.45) is 34.5 Å². The second kappa shape index (κ2) is 12.0. The van der Waals surface area contributed by atoms with Crippen molar-refractivity contribution < 1.29 is 24.2 Å². The Balaban J connectivity index is 1.47. The van der Waals surface area contributed by atoms with E-state index in [4.69, 9.17) is 9.16 Å². The predicted molar refractivity (Wildman–Crippen MR) is 169 cm³/mol. The lowest BCUT2D eigenvalue weighted by Crippen LogP contribution is -2.61. The van der Waals surface area contributed by atoms with E-state index in [1.807, 2.05) is 0 Å². The van der Waals surface area contributed by atoms with Crippen molar-refractivity contribution in [3.8, 4) is 0 Å². The number of rotatable bonds is 10. The van der Waals surface area contributed by atoms with Crippen LogP contribution in [0.5, 0.6) is 0 Å². The van der Waals surface area contributed by atoms with Crippen molar-refractivity contribution in [2.45, 2.75) is 161 Å². The molecule has 236 valence electrons. The van der Waals surface area contributed by atoms with Gasteiger partial charge in [0.1, 0.15) is 5.60 Å². The van der Waals surface area contributed by atoms with E-state index in [2.05, 4.69) is 60.7 Å². The second-order valence-electron chi connectivity index (χ2n) is 16.3. The van der Waals surface area contributed by atoms with Crippen molar-refractivity contribution in [2.75, 3.05) is 6.61 Å². The van der Waals surface area contributed by atoms with Gasteiger partial charge in [0.25, 0.3) is 0 Å². The average molecular weight is 591 g/mol. The summed E-state index contributed by atoms with van der Waals surface area (Å²) >= 11 is 0. The lowest BCUT2D eigenvalue weighted by molar-refractivity contribution is -0.197. The summed E-state index contributed by atoms with van der Waals surface area (Å²) in [5.74, 6) is 0.0679. The third-order valence-corrected chi connectivity index (χ3v) is 17.7. The van der Waals surface area contributed by atoms with Gasteiger partial charge in [0, 0.05) is 11.5 Å². The molecule has 3 saturated carbocycles. The molecular formula is C35H62O5Si. The molecule has 0 heterocycles. The Labute approximate surface area is 252 Å². The van der Waals surface area contributed by atoms with Gasteiger partial charge in [-0.15, -0.1) is 0 Å². The first kappa shape index (κ1) is 33.2. The molecule has 2 N–H and O–H groups in total. The lowest BCUT2D eigenvalue weighted by atomic mass is 9.46. The maximum atomic E-state index is 13.2. The first-order chi connectivity index (χ1) is 19.0. The van der Waals surface area contributed by atoms with E-state index in [1.165, 1.54) is 12.8 Å². The zero-order valence-electron chi connectivity index (χ0n) is 27.9. The SMILES string of the molecule is CCCCCCCOC(=O)[C@@H](C)[C@@]1(O)[C@H](O)C[C@H]2[C@@H]3CC=C4C[C@@H](O[Si](C)(C)C(C)(C)C)CC[C@]4(C)[C@H]3CC[C@@]21C. The zero-order chi connectivity index (χ0) is 30.4.